The summed E-state index contributed by atoms with van der Waals surface area (Å²) in [5.41, 5.74) is 0.945. The van der Waals surface area contributed by atoms with Gasteiger partial charge in [-0.15, -0.1) is 11.3 Å². The van der Waals surface area contributed by atoms with Crippen LogP contribution in [0.1, 0.15) is 57.7 Å². The van der Waals surface area contributed by atoms with Gasteiger partial charge in [-0.2, -0.15) is 0 Å². The van der Waals surface area contributed by atoms with E-state index in [0.717, 1.165) is 17.8 Å². The van der Waals surface area contributed by atoms with E-state index in [1.165, 1.54) is 35.5 Å². The Hall–Kier alpha value is -1.95. The molecule has 0 radical (unpaired) electrons. The van der Waals surface area contributed by atoms with Crippen LogP contribution in [0, 0.1) is 6.92 Å². The van der Waals surface area contributed by atoms with Gasteiger partial charge in [-0.05, 0) is 39.5 Å². The molecule has 2 heterocycles. The fraction of sp³-hybridized carbons (Fsp3) is 0.438. The molecule has 2 aromatic rings. The van der Waals surface area contributed by atoms with Gasteiger partial charge in [0.15, 0.2) is 11.2 Å². The van der Waals surface area contributed by atoms with E-state index in [4.69, 9.17) is 4.42 Å². The highest BCUT2D eigenvalue weighted by molar-refractivity contribution is 7.11. The molecule has 3 rings (SSSR count). The smallest absolute Gasteiger partial charge is 0.287 e. The van der Waals surface area contributed by atoms with Gasteiger partial charge in [0.2, 0.25) is 0 Å². The van der Waals surface area contributed by atoms with Gasteiger partial charge in [0.1, 0.15) is 10.8 Å². The number of nitrogens with one attached hydrogen (secondary N) is 1. The van der Waals surface area contributed by atoms with Gasteiger partial charge in [0.25, 0.3) is 5.91 Å². The fourth-order valence-corrected chi connectivity index (χ4v) is 3.76. The Morgan fingerprint density at radius 2 is 2.14 bits per heavy atom. The van der Waals surface area contributed by atoms with E-state index in [-0.39, 0.29) is 23.1 Å². The van der Waals surface area contributed by atoms with E-state index in [1.807, 2.05) is 6.92 Å². The summed E-state index contributed by atoms with van der Waals surface area (Å²) < 4.78 is 5.31. The van der Waals surface area contributed by atoms with Gasteiger partial charge in [-0.25, -0.2) is 4.98 Å². The second-order valence-electron chi connectivity index (χ2n) is 5.59. The van der Waals surface area contributed by atoms with E-state index in [9.17, 15) is 9.59 Å². The number of nitrogens with zero attached hydrogens (tertiary/aromatic N) is 1. The van der Waals surface area contributed by atoms with Crippen LogP contribution in [0.3, 0.4) is 0 Å². The molecule has 1 atom stereocenters. The predicted molar refractivity (Wildman–Crippen MR) is 84.4 cm³/mol. The van der Waals surface area contributed by atoms with Crippen LogP contribution in [0.4, 0.5) is 0 Å². The zero-order valence-corrected chi connectivity index (χ0v) is 13.5. The quantitative estimate of drug-likeness (QED) is 0.944. The minimum absolute atomic E-state index is 0.0400. The molecule has 0 unspecified atom stereocenters. The Morgan fingerprint density at radius 1 is 1.36 bits per heavy atom. The maximum absolute atomic E-state index is 12.2. The summed E-state index contributed by atoms with van der Waals surface area (Å²) in [7, 11) is 0. The molecule has 6 heteroatoms. The van der Waals surface area contributed by atoms with Crippen molar-refractivity contribution in [3.63, 3.8) is 0 Å². The molecule has 0 fully saturated rings. The Bertz CT molecular complexity index is 739. The highest BCUT2D eigenvalue weighted by atomic mass is 32.1. The number of rotatable bonds is 3. The average Bonchev–Trinajstić information content (AvgIpc) is 2.90. The summed E-state index contributed by atoms with van der Waals surface area (Å²) in [6.07, 6.45) is 4.51. The number of amides is 1. The van der Waals surface area contributed by atoms with E-state index in [2.05, 4.69) is 10.3 Å². The number of thiazole rings is 1. The van der Waals surface area contributed by atoms with Gasteiger partial charge in [0, 0.05) is 17.0 Å². The molecule has 0 aromatic carbocycles. The molecule has 0 aliphatic heterocycles. The van der Waals surface area contributed by atoms with Crippen LogP contribution in [0.15, 0.2) is 21.3 Å². The Labute approximate surface area is 132 Å². The fourth-order valence-electron chi connectivity index (χ4n) is 2.60. The molecule has 1 amide bonds. The number of carbonyl (C=O) groups is 1. The molecular formula is C16H18N2O3S. The summed E-state index contributed by atoms with van der Waals surface area (Å²) in [5, 5.41) is 3.76. The molecule has 1 aliphatic carbocycles. The predicted octanol–water partition coefficient (Wildman–Crippen LogP) is 2.77. The van der Waals surface area contributed by atoms with Crippen molar-refractivity contribution in [2.75, 3.05) is 0 Å². The third-order valence-corrected chi connectivity index (χ3v) is 5.03. The topological polar surface area (TPSA) is 72.2 Å². The monoisotopic (exact) mass is 318 g/mol. The molecule has 2 aromatic heterocycles. The van der Waals surface area contributed by atoms with Crippen LogP contribution in [0.2, 0.25) is 0 Å². The van der Waals surface area contributed by atoms with Crippen molar-refractivity contribution in [2.24, 2.45) is 0 Å². The maximum Gasteiger partial charge on any atom is 0.287 e. The van der Waals surface area contributed by atoms with Crippen molar-refractivity contribution in [2.45, 2.75) is 45.6 Å². The lowest BCUT2D eigenvalue weighted by Crippen LogP contribution is -2.27. The van der Waals surface area contributed by atoms with Crippen molar-refractivity contribution in [3.05, 3.63) is 49.5 Å². The van der Waals surface area contributed by atoms with E-state index in [1.54, 1.807) is 18.3 Å². The summed E-state index contributed by atoms with van der Waals surface area (Å²) >= 11 is 1.67. The van der Waals surface area contributed by atoms with Crippen molar-refractivity contribution < 1.29 is 9.21 Å². The number of hydrogen-bond acceptors (Lipinski definition) is 5. The molecule has 116 valence electrons. The summed E-state index contributed by atoms with van der Waals surface area (Å²) in [4.78, 5) is 29.6. The van der Waals surface area contributed by atoms with Crippen LogP contribution in [-0.2, 0) is 12.8 Å². The molecule has 0 spiro atoms. The Morgan fingerprint density at radius 3 is 2.86 bits per heavy atom. The molecule has 0 saturated carbocycles. The lowest BCUT2D eigenvalue weighted by Gasteiger charge is -2.10. The van der Waals surface area contributed by atoms with E-state index >= 15 is 0 Å². The van der Waals surface area contributed by atoms with Crippen LogP contribution >= 0.6 is 11.3 Å². The molecular weight excluding hydrogens is 300 g/mol. The first-order valence-corrected chi connectivity index (χ1v) is 8.25. The van der Waals surface area contributed by atoms with Crippen molar-refractivity contribution in [3.8, 4) is 0 Å². The minimum Gasteiger partial charge on any atom is -0.456 e. The van der Waals surface area contributed by atoms with Crippen LogP contribution in [0.25, 0.3) is 0 Å². The SMILES string of the molecule is Cc1cc(=O)cc(C(=O)N[C@@H](C)c2nc3c(s2)CCCC3)o1. The number of hydrogen-bond donors (Lipinski definition) is 1. The normalized spacial score (nSPS) is 15.2. The number of fused-ring (bicyclic) bond motifs is 1. The van der Waals surface area contributed by atoms with Gasteiger partial charge < -0.3 is 9.73 Å². The highest BCUT2D eigenvalue weighted by Gasteiger charge is 2.20. The van der Waals surface area contributed by atoms with Gasteiger partial charge >= 0.3 is 0 Å². The lowest BCUT2D eigenvalue weighted by molar-refractivity contribution is 0.0907. The van der Waals surface area contributed by atoms with Crippen LogP contribution in [-0.4, -0.2) is 10.9 Å². The van der Waals surface area contributed by atoms with Gasteiger partial charge in [0.05, 0.1) is 11.7 Å². The first-order valence-electron chi connectivity index (χ1n) is 7.44. The molecule has 0 bridgehead atoms. The van der Waals surface area contributed by atoms with Crippen molar-refractivity contribution >= 4 is 17.2 Å². The molecule has 1 N–H and O–H groups in total. The van der Waals surface area contributed by atoms with E-state index < -0.39 is 0 Å². The lowest BCUT2D eigenvalue weighted by atomic mass is 10.0. The first kappa shape index (κ1) is 15.0. The largest absolute Gasteiger partial charge is 0.456 e. The van der Waals surface area contributed by atoms with E-state index in [0.29, 0.717) is 5.76 Å². The molecule has 1 aliphatic rings. The molecule has 22 heavy (non-hydrogen) atoms. The standard InChI is InChI=1S/C16H18N2O3S/c1-9-7-11(19)8-13(21-9)15(20)17-10(2)16-18-12-5-3-4-6-14(12)22-16/h7-8,10H,3-6H2,1-2H3,(H,17,20)/t10-/m0/s1. The number of aromatic nitrogens is 1. The van der Waals surface area contributed by atoms with Crippen molar-refractivity contribution in [1.82, 2.24) is 10.3 Å². The third kappa shape index (κ3) is 3.11. The molecule has 0 saturated heterocycles. The third-order valence-electron chi connectivity index (χ3n) is 3.69. The number of carbonyl (C=O) groups excluding carboxylic acids is 1. The maximum atomic E-state index is 12.2. The number of aryl methyl sites for hydroxylation is 3. The highest BCUT2D eigenvalue weighted by Crippen LogP contribution is 2.29. The summed E-state index contributed by atoms with van der Waals surface area (Å²) in [6.45, 7) is 3.55. The molecule has 5 nitrogen and oxygen atoms in total. The zero-order chi connectivity index (χ0) is 15.7. The zero-order valence-electron chi connectivity index (χ0n) is 12.6. The Balaban J connectivity index is 1.75. The minimum atomic E-state index is -0.388. The van der Waals surface area contributed by atoms with Crippen LogP contribution in [0.5, 0.6) is 0 Å². The second kappa shape index (κ2) is 6.04. The van der Waals surface area contributed by atoms with Crippen LogP contribution < -0.4 is 10.7 Å². The Kier molecular flexibility index (Phi) is 4.11. The van der Waals surface area contributed by atoms with Crippen molar-refractivity contribution in [1.29, 1.82) is 0 Å². The average molecular weight is 318 g/mol. The second-order valence-corrected chi connectivity index (χ2v) is 6.71. The van der Waals surface area contributed by atoms with Gasteiger partial charge in [-0.3, -0.25) is 9.59 Å². The summed E-state index contributed by atoms with van der Waals surface area (Å²) in [6, 6.07) is 2.37. The summed E-state index contributed by atoms with van der Waals surface area (Å²) in [5.74, 6) is 0.0784. The van der Waals surface area contributed by atoms with Gasteiger partial charge in [-0.1, -0.05) is 0 Å². The first-order chi connectivity index (χ1) is 10.5.